The fourth-order valence-electron chi connectivity index (χ4n) is 2.36. The number of benzene rings is 1. The lowest BCUT2D eigenvalue weighted by Gasteiger charge is -2.26. The lowest BCUT2D eigenvalue weighted by Crippen LogP contribution is -2.37. The minimum absolute atomic E-state index is 0.168. The van der Waals surface area contributed by atoms with Crippen molar-refractivity contribution >= 4 is 33.3 Å². The predicted octanol–water partition coefficient (Wildman–Crippen LogP) is 1.91. The molecule has 0 saturated carbocycles. The maximum atomic E-state index is 12.2. The van der Waals surface area contributed by atoms with Crippen LogP contribution in [0, 0.1) is 0 Å². The van der Waals surface area contributed by atoms with Gasteiger partial charge in [0.1, 0.15) is 0 Å². The van der Waals surface area contributed by atoms with Crippen LogP contribution in [0.5, 0.6) is 0 Å². The minimum Gasteiger partial charge on any atom is -0.378 e. The number of morpholine rings is 1. The second kappa shape index (κ2) is 7.33. The van der Waals surface area contributed by atoms with Gasteiger partial charge >= 0.3 is 0 Å². The van der Waals surface area contributed by atoms with Gasteiger partial charge in [0.2, 0.25) is 16.0 Å². The van der Waals surface area contributed by atoms with Gasteiger partial charge in [0.15, 0.2) is 0 Å². The van der Waals surface area contributed by atoms with E-state index in [0.29, 0.717) is 35.4 Å². The Morgan fingerprint density at radius 2 is 1.92 bits per heavy atom. The molecule has 1 fully saturated rings. The molecular weight excluding hydrogens is 352 g/mol. The number of anilines is 2. The summed E-state index contributed by atoms with van der Waals surface area (Å²) in [7, 11) is -3.56. The molecule has 0 atom stereocenters. The lowest BCUT2D eigenvalue weighted by atomic mass is 10.2. The third kappa shape index (κ3) is 4.56. The summed E-state index contributed by atoms with van der Waals surface area (Å²) in [6.07, 6.45) is 2.93. The number of rotatable bonds is 5. The van der Waals surface area contributed by atoms with Crippen molar-refractivity contribution in [2.45, 2.75) is 5.75 Å². The quantitative estimate of drug-likeness (QED) is 0.867. The molecule has 7 nitrogen and oxygen atoms in total. The Morgan fingerprint density at radius 3 is 2.58 bits per heavy atom. The Labute approximate surface area is 145 Å². The maximum Gasteiger partial charge on any atom is 0.237 e. The normalized spacial score (nSPS) is 15.3. The Kier molecular flexibility index (Phi) is 5.17. The molecule has 0 aliphatic carbocycles. The zero-order chi connectivity index (χ0) is 17.0. The minimum atomic E-state index is -3.56. The molecule has 2 heterocycles. The van der Waals surface area contributed by atoms with Crippen LogP contribution < -0.4 is 9.62 Å². The fraction of sp³-hybridized carbons (Fsp3) is 0.333. The highest BCUT2D eigenvalue weighted by Crippen LogP contribution is 2.16. The number of hydrogen-bond acceptors (Lipinski definition) is 6. The van der Waals surface area contributed by atoms with Crippen LogP contribution in [-0.2, 0) is 20.5 Å². The van der Waals surface area contributed by atoms with Crippen molar-refractivity contribution in [2.24, 2.45) is 0 Å². The highest BCUT2D eigenvalue weighted by Gasteiger charge is 2.15. The zero-order valence-electron chi connectivity index (χ0n) is 12.9. The number of nitrogens with zero attached hydrogens (tertiary/aromatic N) is 3. The molecule has 1 aliphatic heterocycles. The van der Waals surface area contributed by atoms with Crippen LogP contribution in [0.3, 0.4) is 0 Å². The number of hydrogen-bond donors (Lipinski definition) is 1. The number of nitrogens with one attached hydrogen (secondary N) is 1. The van der Waals surface area contributed by atoms with E-state index in [1.54, 1.807) is 24.3 Å². The van der Waals surface area contributed by atoms with Gasteiger partial charge < -0.3 is 9.64 Å². The molecule has 0 amide bonds. The largest absolute Gasteiger partial charge is 0.378 e. The van der Waals surface area contributed by atoms with E-state index in [1.807, 2.05) is 4.90 Å². The molecule has 128 valence electrons. The van der Waals surface area contributed by atoms with Crippen molar-refractivity contribution in [3.8, 4) is 0 Å². The van der Waals surface area contributed by atoms with Crippen LogP contribution in [0.25, 0.3) is 0 Å². The molecule has 1 N–H and O–H groups in total. The maximum absolute atomic E-state index is 12.2. The molecule has 1 saturated heterocycles. The molecule has 1 aromatic heterocycles. The number of ether oxygens (including phenoxy) is 1. The van der Waals surface area contributed by atoms with E-state index < -0.39 is 10.0 Å². The van der Waals surface area contributed by atoms with E-state index in [-0.39, 0.29) is 5.75 Å². The summed E-state index contributed by atoms with van der Waals surface area (Å²) < 4.78 is 32.2. The van der Waals surface area contributed by atoms with E-state index in [1.165, 1.54) is 12.4 Å². The summed E-state index contributed by atoms with van der Waals surface area (Å²) >= 11 is 5.88. The molecule has 1 aliphatic rings. The van der Waals surface area contributed by atoms with Gasteiger partial charge in [0.05, 0.1) is 37.0 Å². The van der Waals surface area contributed by atoms with Crippen LogP contribution in [0.4, 0.5) is 11.6 Å². The Hall–Kier alpha value is -1.90. The van der Waals surface area contributed by atoms with Crippen LogP contribution >= 0.6 is 11.6 Å². The van der Waals surface area contributed by atoms with Gasteiger partial charge in [0.25, 0.3) is 0 Å². The summed E-state index contributed by atoms with van der Waals surface area (Å²) in [5.41, 5.74) is 0.940. The van der Waals surface area contributed by atoms with Gasteiger partial charge in [-0.2, -0.15) is 0 Å². The number of halogens is 1. The van der Waals surface area contributed by atoms with Crippen molar-refractivity contribution in [3.05, 3.63) is 47.2 Å². The van der Waals surface area contributed by atoms with Crippen molar-refractivity contribution in [1.29, 1.82) is 0 Å². The third-order valence-corrected chi connectivity index (χ3v) is 4.95. The Bertz CT molecular complexity index is 793. The highest BCUT2D eigenvalue weighted by molar-refractivity contribution is 7.91. The fourth-order valence-corrected chi connectivity index (χ4v) is 3.73. The van der Waals surface area contributed by atoms with Gasteiger partial charge in [-0.3, -0.25) is 4.72 Å². The zero-order valence-corrected chi connectivity index (χ0v) is 14.4. The smallest absolute Gasteiger partial charge is 0.237 e. The van der Waals surface area contributed by atoms with E-state index in [0.717, 1.165) is 13.1 Å². The summed E-state index contributed by atoms with van der Waals surface area (Å²) in [5, 5.41) is 0.501. The molecule has 0 radical (unpaired) electrons. The van der Waals surface area contributed by atoms with Crippen LogP contribution in [0.2, 0.25) is 5.02 Å². The second-order valence-electron chi connectivity index (χ2n) is 5.36. The Balaban J connectivity index is 1.66. The standard InChI is InChI=1S/C15H17ClN4O3S/c16-13-3-1-2-12(8-13)11-24(21,22)19-14-9-17-15(18-10-14)20-4-6-23-7-5-20/h1-3,8-10,19H,4-7,11H2. The van der Waals surface area contributed by atoms with Gasteiger partial charge in [-0.25, -0.2) is 18.4 Å². The first-order valence-electron chi connectivity index (χ1n) is 7.41. The van der Waals surface area contributed by atoms with Crippen molar-refractivity contribution in [3.63, 3.8) is 0 Å². The van der Waals surface area contributed by atoms with Crippen molar-refractivity contribution < 1.29 is 13.2 Å². The number of aromatic nitrogens is 2. The van der Waals surface area contributed by atoms with Crippen LogP contribution in [-0.4, -0.2) is 44.7 Å². The van der Waals surface area contributed by atoms with Gasteiger partial charge in [-0.05, 0) is 17.7 Å². The first kappa shape index (κ1) is 16.9. The van der Waals surface area contributed by atoms with Crippen LogP contribution in [0.1, 0.15) is 5.56 Å². The highest BCUT2D eigenvalue weighted by atomic mass is 35.5. The van der Waals surface area contributed by atoms with E-state index in [2.05, 4.69) is 14.7 Å². The van der Waals surface area contributed by atoms with E-state index in [9.17, 15) is 8.42 Å². The topological polar surface area (TPSA) is 84.4 Å². The molecule has 0 unspecified atom stereocenters. The average Bonchev–Trinajstić information content (AvgIpc) is 2.55. The molecule has 24 heavy (non-hydrogen) atoms. The van der Waals surface area contributed by atoms with E-state index >= 15 is 0 Å². The molecule has 1 aromatic carbocycles. The predicted molar refractivity (Wildman–Crippen MR) is 92.8 cm³/mol. The number of sulfonamides is 1. The van der Waals surface area contributed by atoms with Gasteiger partial charge in [0, 0.05) is 18.1 Å². The summed E-state index contributed by atoms with van der Waals surface area (Å²) in [4.78, 5) is 10.4. The molecule has 0 spiro atoms. The van der Waals surface area contributed by atoms with Crippen molar-refractivity contribution in [1.82, 2.24) is 9.97 Å². The van der Waals surface area contributed by atoms with Gasteiger partial charge in [-0.1, -0.05) is 23.7 Å². The first-order valence-corrected chi connectivity index (χ1v) is 9.44. The van der Waals surface area contributed by atoms with Crippen molar-refractivity contribution in [2.75, 3.05) is 35.9 Å². The molecule has 3 rings (SSSR count). The third-order valence-electron chi connectivity index (χ3n) is 3.45. The average molecular weight is 369 g/mol. The van der Waals surface area contributed by atoms with E-state index in [4.69, 9.17) is 16.3 Å². The molecule has 9 heteroatoms. The summed E-state index contributed by atoms with van der Waals surface area (Å²) in [6.45, 7) is 2.72. The SMILES string of the molecule is O=S(=O)(Cc1cccc(Cl)c1)Nc1cnc(N2CCOCC2)nc1. The summed E-state index contributed by atoms with van der Waals surface area (Å²) in [6, 6.07) is 6.75. The molecule has 2 aromatic rings. The summed E-state index contributed by atoms with van der Waals surface area (Å²) in [5.74, 6) is 0.398. The second-order valence-corrected chi connectivity index (χ2v) is 7.52. The van der Waals surface area contributed by atoms with Crippen LogP contribution in [0.15, 0.2) is 36.7 Å². The first-order chi connectivity index (χ1) is 11.5. The molecular formula is C15H17ClN4O3S. The van der Waals surface area contributed by atoms with Gasteiger partial charge in [-0.15, -0.1) is 0 Å². The lowest BCUT2D eigenvalue weighted by molar-refractivity contribution is 0.122. The Morgan fingerprint density at radius 1 is 1.21 bits per heavy atom. The monoisotopic (exact) mass is 368 g/mol. The molecule has 0 bridgehead atoms.